The minimum absolute atomic E-state index is 0.380. The Morgan fingerprint density at radius 1 is 1.35 bits per heavy atom. The van der Waals surface area contributed by atoms with Crippen LogP contribution in [0.2, 0.25) is 0 Å². The van der Waals surface area contributed by atoms with Gasteiger partial charge < -0.3 is 20.3 Å². The van der Waals surface area contributed by atoms with Gasteiger partial charge in [0.05, 0.1) is 6.54 Å². The fourth-order valence-electron chi connectivity index (χ4n) is 2.18. The standard InChI is InChI=1S/C16H18N4O2S/c1-17-16(18-9-12-6-7-22-20-12)19-10-13(21)15-8-11-4-2-3-5-14(11)23-15/h2-8,13,21H,9-10H2,1H3,(H2,17,18,19). The molecule has 0 fully saturated rings. The Kier molecular flexibility index (Phi) is 4.89. The normalized spacial score (nSPS) is 13.2. The number of hydrogen-bond acceptors (Lipinski definition) is 5. The van der Waals surface area contributed by atoms with Crippen LogP contribution in [0.4, 0.5) is 0 Å². The predicted octanol–water partition coefficient (Wildman–Crippen LogP) is 2.29. The summed E-state index contributed by atoms with van der Waals surface area (Å²) in [6, 6.07) is 11.9. The predicted molar refractivity (Wildman–Crippen MR) is 91.5 cm³/mol. The Balaban J connectivity index is 1.55. The lowest BCUT2D eigenvalue weighted by Crippen LogP contribution is -2.38. The van der Waals surface area contributed by atoms with Gasteiger partial charge in [-0.25, -0.2) is 0 Å². The number of fused-ring (bicyclic) bond motifs is 1. The highest BCUT2D eigenvalue weighted by atomic mass is 32.1. The van der Waals surface area contributed by atoms with E-state index in [1.807, 2.05) is 24.3 Å². The summed E-state index contributed by atoms with van der Waals surface area (Å²) in [4.78, 5) is 5.06. The quantitative estimate of drug-likeness (QED) is 0.494. The van der Waals surface area contributed by atoms with Gasteiger partial charge in [-0.15, -0.1) is 11.3 Å². The molecule has 2 aromatic heterocycles. The first-order valence-electron chi connectivity index (χ1n) is 7.26. The lowest BCUT2D eigenvalue weighted by molar-refractivity contribution is 0.184. The van der Waals surface area contributed by atoms with E-state index in [9.17, 15) is 5.11 Å². The van der Waals surface area contributed by atoms with Gasteiger partial charge in [-0.05, 0) is 17.5 Å². The minimum atomic E-state index is -0.585. The van der Waals surface area contributed by atoms with E-state index >= 15 is 0 Å². The van der Waals surface area contributed by atoms with Crippen molar-refractivity contribution in [2.75, 3.05) is 13.6 Å². The second kappa shape index (κ2) is 7.26. The van der Waals surface area contributed by atoms with Crippen molar-refractivity contribution in [1.29, 1.82) is 0 Å². The van der Waals surface area contributed by atoms with Crippen molar-refractivity contribution in [1.82, 2.24) is 15.8 Å². The summed E-state index contributed by atoms with van der Waals surface area (Å²) in [5.74, 6) is 0.605. The number of aliphatic imine (C=N–C) groups is 1. The van der Waals surface area contributed by atoms with Crippen molar-refractivity contribution in [3.05, 3.63) is 53.2 Å². The number of guanidine groups is 1. The Hall–Kier alpha value is -2.38. The summed E-state index contributed by atoms with van der Waals surface area (Å²) < 4.78 is 5.95. The summed E-state index contributed by atoms with van der Waals surface area (Å²) in [7, 11) is 1.68. The van der Waals surface area contributed by atoms with Crippen LogP contribution in [0.15, 0.2) is 52.2 Å². The SMILES string of the molecule is CN=C(NCc1ccon1)NCC(O)c1cc2ccccc2s1. The van der Waals surface area contributed by atoms with Crippen LogP contribution >= 0.6 is 11.3 Å². The van der Waals surface area contributed by atoms with E-state index in [2.05, 4.69) is 26.8 Å². The molecular formula is C16H18N4O2S. The fourth-order valence-corrected chi connectivity index (χ4v) is 3.23. The van der Waals surface area contributed by atoms with E-state index < -0.39 is 6.10 Å². The van der Waals surface area contributed by atoms with Crippen molar-refractivity contribution in [2.45, 2.75) is 12.6 Å². The van der Waals surface area contributed by atoms with Crippen LogP contribution in [0.1, 0.15) is 16.7 Å². The van der Waals surface area contributed by atoms with E-state index in [1.54, 1.807) is 24.5 Å². The van der Waals surface area contributed by atoms with Crippen LogP contribution in [0, 0.1) is 0 Å². The number of nitrogens with one attached hydrogen (secondary N) is 2. The van der Waals surface area contributed by atoms with Crippen molar-refractivity contribution in [3.8, 4) is 0 Å². The lowest BCUT2D eigenvalue weighted by Gasteiger charge is -2.13. The van der Waals surface area contributed by atoms with Crippen LogP contribution in [0.5, 0.6) is 0 Å². The first-order chi connectivity index (χ1) is 11.3. The molecule has 6 nitrogen and oxygen atoms in total. The zero-order valence-electron chi connectivity index (χ0n) is 12.7. The molecule has 120 valence electrons. The molecule has 0 amide bonds. The molecule has 3 rings (SSSR count). The van der Waals surface area contributed by atoms with E-state index in [0.717, 1.165) is 16.0 Å². The third kappa shape index (κ3) is 3.88. The minimum Gasteiger partial charge on any atom is -0.386 e. The second-order valence-electron chi connectivity index (χ2n) is 5.00. The number of thiophene rings is 1. The highest BCUT2D eigenvalue weighted by Crippen LogP contribution is 2.29. The third-order valence-corrected chi connectivity index (χ3v) is 4.60. The highest BCUT2D eigenvalue weighted by molar-refractivity contribution is 7.19. The molecule has 0 aliphatic carbocycles. The van der Waals surface area contributed by atoms with Gasteiger partial charge in [0.25, 0.3) is 0 Å². The van der Waals surface area contributed by atoms with Gasteiger partial charge in [-0.3, -0.25) is 4.99 Å². The van der Waals surface area contributed by atoms with E-state index in [-0.39, 0.29) is 0 Å². The molecule has 2 heterocycles. The molecule has 0 aliphatic rings. The molecular weight excluding hydrogens is 312 g/mol. The lowest BCUT2D eigenvalue weighted by atomic mass is 10.2. The summed E-state index contributed by atoms with van der Waals surface area (Å²) >= 11 is 1.60. The average Bonchev–Trinajstić information content (AvgIpc) is 3.23. The number of benzene rings is 1. The van der Waals surface area contributed by atoms with Crippen molar-refractivity contribution in [2.24, 2.45) is 4.99 Å². The maximum absolute atomic E-state index is 10.4. The summed E-state index contributed by atoms with van der Waals surface area (Å²) in [6.45, 7) is 0.889. The summed E-state index contributed by atoms with van der Waals surface area (Å²) in [5.41, 5.74) is 0.790. The highest BCUT2D eigenvalue weighted by Gasteiger charge is 2.12. The molecule has 0 bridgehead atoms. The van der Waals surface area contributed by atoms with E-state index in [4.69, 9.17) is 4.52 Å². The Labute approximate surface area is 137 Å². The topological polar surface area (TPSA) is 82.7 Å². The Morgan fingerprint density at radius 2 is 2.22 bits per heavy atom. The summed E-state index contributed by atoms with van der Waals surface area (Å²) in [5, 5.41) is 21.6. The van der Waals surface area contributed by atoms with Crippen LogP contribution in [0.25, 0.3) is 10.1 Å². The van der Waals surface area contributed by atoms with Crippen LogP contribution in [0.3, 0.4) is 0 Å². The first-order valence-corrected chi connectivity index (χ1v) is 8.08. The number of nitrogens with zero attached hydrogens (tertiary/aromatic N) is 2. The third-order valence-electron chi connectivity index (χ3n) is 3.39. The average molecular weight is 330 g/mol. The first kappa shape index (κ1) is 15.5. The molecule has 0 spiro atoms. The van der Waals surface area contributed by atoms with Crippen molar-refractivity contribution in [3.63, 3.8) is 0 Å². The van der Waals surface area contributed by atoms with Gasteiger partial charge in [0, 0.05) is 29.2 Å². The van der Waals surface area contributed by atoms with Gasteiger partial charge >= 0.3 is 0 Å². The number of rotatable bonds is 5. The number of aliphatic hydroxyl groups excluding tert-OH is 1. The maximum atomic E-state index is 10.4. The van der Waals surface area contributed by atoms with E-state index in [1.165, 1.54) is 11.0 Å². The molecule has 0 saturated heterocycles. The smallest absolute Gasteiger partial charge is 0.191 e. The molecule has 7 heteroatoms. The molecule has 0 aliphatic heterocycles. The Morgan fingerprint density at radius 3 is 2.96 bits per heavy atom. The maximum Gasteiger partial charge on any atom is 0.191 e. The molecule has 0 radical (unpaired) electrons. The van der Waals surface area contributed by atoms with Gasteiger partial charge in [-0.2, -0.15) is 0 Å². The number of hydrogen-bond donors (Lipinski definition) is 3. The second-order valence-corrected chi connectivity index (χ2v) is 6.12. The van der Waals surface area contributed by atoms with Gasteiger partial charge in [-0.1, -0.05) is 23.4 Å². The monoisotopic (exact) mass is 330 g/mol. The van der Waals surface area contributed by atoms with Gasteiger partial charge in [0.15, 0.2) is 5.96 Å². The molecule has 1 aromatic carbocycles. The molecule has 1 unspecified atom stereocenters. The molecule has 23 heavy (non-hydrogen) atoms. The van der Waals surface area contributed by atoms with Crippen LogP contribution in [-0.2, 0) is 6.54 Å². The molecule has 3 N–H and O–H groups in total. The van der Waals surface area contributed by atoms with Crippen molar-refractivity contribution < 1.29 is 9.63 Å². The largest absolute Gasteiger partial charge is 0.386 e. The van der Waals surface area contributed by atoms with Crippen molar-refractivity contribution >= 4 is 27.4 Å². The number of aromatic nitrogens is 1. The Bertz CT molecular complexity index is 749. The molecule has 0 saturated carbocycles. The van der Waals surface area contributed by atoms with Crippen LogP contribution < -0.4 is 10.6 Å². The molecule has 1 atom stereocenters. The zero-order chi connectivity index (χ0) is 16.1. The van der Waals surface area contributed by atoms with Gasteiger partial charge in [0.2, 0.25) is 0 Å². The number of aliphatic hydroxyl groups is 1. The summed E-state index contributed by atoms with van der Waals surface area (Å²) in [6.07, 6.45) is 0.941. The van der Waals surface area contributed by atoms with E-state index in [0.29, 0.717) is 19.0 Å². The van der Waals surface area contributed by atoms with Crippen LogP contribution in [-0.4, -0.2) is 29.8 Å². The molecule has 3 aromatic rings. The fraction of sp³-hybridized carbons (Fsp3) is 0.250. The zero-order valence-corrected chi connectivity index (χ0v) is 13.5. The van der Waals surface area contributed by atoms with Gasteiger partial charge in [0.1, 0.15) is 18.1 Å².